The SMILES string of the molecule is C=C/C(Sc1cc(=O)c2ccc(C)nc2n1-c1ccccc1)=C(/C)O. The van der Waals surface area contributed by atoms with Crippen LogP contribution in [0.15, 0.2) is 81.7 Å². The van der Waals surface area contributed by atoms with E-state index in [1.807, 2.05) is 47.9 Å². The Kier molecular flexibility index (Phi) is 4.76. The highest BCUT2D eigenvalue weighted by Gasteiger charge is 2.14. The molecule has 0 spiro atoms. The van der Waals surface area contributed by atoms with E-state index in [9.17, 15) is 9.90 Å². The summed E-state index contributed by atoms with van der Waals surface area (Å²) in [6.45, 7) is 7.23. The summed E-state index contributed by atoms with van der Waals surface area (Å²) in [6, 6.07) is 14.9. The summed E-state index contributed by atoms with van der Waals surface area (Å²) in [6.07, 6.45) is 1.58. The molecule has 0 saturated carbocycles. The number of para-hydroxylation sites is 1. The van der Waals surface area contributed by atoms with Crippen LogP contribution < -0.4 is 5.43 Å². The second kappa shape index (κ2) is 6.99. The van der Waals surface area contributed by atoms with Gasteiger partial charge in [0.15, 0.2) is 5.43 Å². The maximum absolute atomic E-state index is 12.6. The number of thioether (sulfide) groups is 1. The van der Waals surface area contributed by atoms with Crippen molar-refractivity contribution < 1.29 is 5.11 Å². The number of allylic oxidation sites excluding steroid dienone is 2. The predicted molar refractivity (Wildman–Crippen MR) is 103 cm³/mol. The largest absolute Gasteiger partial charge is 0.511 e. The van der Waals surface area contributed by atoms with E-state index in [-0.39, 0.29) is 11.2 Å². The third-order valence-corrected chi connectivity index (χ3v) is 4.93. The number of aryl methyl sites for hydroxylation is 1. The summed E-state index contributed by atoms with van der Waals surface area (Å²) in [5.74, 6) is 0.157. The zero-order valence-electron chi connectivity index (χ0n) is 14.1. The summed E-state index contributed by atoms with van der Waals surface area (Å²) < 4.78 is 1.93. The first-order valence-corrected chi connectivity index (χ1v) is 8.62. The van der Waals surface area contributed by atoms with E-state index >= 15 is 0 Å². The van der Waals surface area contributed by atoms with Gasteiger partial charge in [-0.1, -0.05) is 42.6 Å². The number of hydrogen-bond donors (Lipinski definition) is 1. The summed E-state index contributed by atoms with van der Waals surface area (Å²) in [5.41, 5.74) is 2.22. The van der Waals surface area contributed by atoms with Crippen molar-refractivity contribution in [2.75, 3.05) is 0 Å². The van der Waals surface area contributed by atoms with Crippen molar-refractivity contribution in [2.45, 2.75) is 18.9 Å². The molecule has 0 radical (unpaired) electrons. The molecule has 0 bridgehead atoms. The van der Waals surface area contributed by atoms with Crippen LogP contribution in [0, 0.1) is 6.92 Å². The van der Waals surface area contributed by atoms with Crippen molar-refractivity contribution in [2.24, 2.45) is 0 Å². The minimum Gasteiger partial charge on any atom is -0.511 e. The molecule has 126 valence electrons. The molecule has 0 atom stereocenters. The molecule has 0 fully saturated rings. The van der Waals surface area contributed by atoms with Crippen molar-refractivity contribution >= 4 is 22.8 Å². The van der Waals surface area contributed by atoms with Gasteiger partial charge in [0.25, 0.3) is 0 Å². The average molecular weight is 350 g/mol. The lowest BCUT2D eigenvalue weighted by Crippen LogP contribution is -2.12. The molecule has 0 saturated heterocycles. The molecule has 3 aromatic rings. The van der Waals surface area contributed by atoms with Crippen molar-refractivity contribution in [1.29, 1.82) is 0 Å². The number of nitrogens with zero attached hydrogens (tertiary/aromatic N) is 2. The van der Waals surface area contributed by atoms with Crippen molar-refractivity contribution in [3.8, 4) is 5.69 Å². The first kappa shape index (κ1) is 17.0. The number of aromatic nitrogens is 2. The van der Waals surface area contributed by atoms with Crippen LogP contribution in [-0.2, 0) is 0 Å². The van der Waals surface area contributed by atoms with Gasteiger partial charge >= 0.3 is 0 Å². The van der Waals surface area contributed by atoms with Gasteiger partial charge in [0.05, 0.1) is 15.3 Å². The molecule has 1 aromatic carbocycles. The van der Waals surface area contributed by atoms with Gasteiger partial charge in [0.2, 0.25) is 0 Å². The fourth-order valence-electron chi connectivity index (χ4n) is 2.54. The fourth-order valence-corrected chi connectivity index (χ4v) is 3.45. The highest BCUT2D eigenvalue weighted by molar-refractivity contribution is 8.03. The molecule has 5 heteroatoms. The fraction of sp³-hybridized carbons (Fsp3) is 0.100. The van der Waals surface area contributed by atoms with Crippen LogP contribution in [0.3, 0.4) is 0 Å². The van der Waals surface area contributed by atoms with E-state index in [2.05, 4.69) is 11.6 Å². The Morgan fingerprint density at radius 3 is 2.60 bits per heavy atom. The number of hydrogen-bond acceptors (Lipinski definition) is 4. The topological polar surface area (TPSA) is 55.1 Å². The maximum atomic E-state index is 12.6. The van der Waals surface area contributed by atoms with Gasteiger partial charge in [0.1, 0.15) is 11.4 Å². The average Bonchev–Trinajstić information content (AvgIpc) is 2.60. The Bertz CT molecular complexity index is 1030. The standard InChI is InChI=1S/C20H18N2O2S/c1-4-18(14(3)23)25-19-12-17(24)16-11-10-13(2)21-20(16)22(19)15-8-6-5-7-9-15/h4-12,23H,1H2,2-3H3/b18-14+. The Morgan fingerprint density at radius 2 is 1.96 bits per heavy atom. The highest BCUT2D eigenvalue weighted by atomic mass is 32.2. The predicted octanol–water partition coefficient (Wildman–Crippen LogP) is 4.76. The highest BCUT2D eigenvalue weighted by Crippen LogP contribution is 2.32. The number of fused-ring (bicyclic) bond motifs is 1. The van der Waals surface area contributed by atoms with E-state index in [0.717, 1.165) is 11.4 Å². The summed E-state index contributed by atoms with van der Waals surface area (Å²) in [4.78, 5) is 17.8. The second-order valence-corrected chi connectivity index (χ2v) is 6.66. The minimum atomic E-state index is -0.101. The molecule has 2 aromatic heterocycles. The minimum absolute atomic E-state index is 0.101. The van der Waals surface area contributed by atoms with E-state index in [1.165, 1.54) is 11.8 Å². The molecule has 2 heterocycles. The molecular weight excluding hydrogens is 332 g/mol. The number of pyridine rings is 2. The zero-order chi connectivity index (χ0) is 18.0. The normalized spacial score (nSPS) is 12.1. The van der Waals surface area contributed by atoms with Crippen LogP contribution in [0.25, 0.3) is 16.7 Å². The van der Waals surface area contributed by atoms with Crippen LogP contribution in [0.2, 0.25) is 0 Å². The van der Waals surface area contributed by atoms with Crippen LogP contribution in [-0.4, -0.2) is 14.7 Å². The smallest absolute Gasteiger partial charge is 0.192 e. The van der Waals surface area contributed by atoms with Gasteiger partial charge in [-0.3, -0.25) is 9.36 Å². The molecule has 0 aliphatic heterocycles. The zero-order valence-corrected chi connectivity index (χ0v) is 14.9. The van der Waals surface area contributed by atoms with Gasteiger partial charge in [-0.25, -0.2) is 4.98 Å². The number of aliphatic hydroxyl groups excluding tert-OH is 1. The van der Waals surface area contributed by atoms with Crippen molar-refractivity contribution in [1.82, 2.24) is 9.55 Å². The van der Waals surface area contributed by atoms with Gasteiger partial charge < -0.3 is 5.11 Å². The second-order valence-electron chi connectivity index (χ2n) is 5.60. The van der Waals surface area contributed by atoms with Gasteiger partial charge in [-0.15, -0.1) is 0 Å². The monoisotopic (exact) mass is 350 g/mol. The van der Waals surface area contributed by atoms with Crippen molar-refractivity contribution in [3.63, 3.8) is 0 Å². The Labute approximate surface area is 150 Å². The van der Waals surface area contributed by atoms with Gasteiger partial charge in [-0.2, -0.15) is 0 Å². The number of aliphatic hydroxyl groups is 1. The lowest BCUT2D eigenvalue weighted by molar-refractivity contribution is 0.413. The van der Waals surface area contributed by atoms with Crippen molar-refractivity contribution in [3.05, 3.63) is 87.8 Å². The maximum Gasteiger partial charge on any atom is 0.192 e. The Balaban J connectivity index is 2.38. The molecule has 25 heavy (non-hydrogen) atoms. The third kappa shape index (κ3) is 3.37. The van der Waals surface area contributed by atoms with E-state index in [0.29, 0.717) is 21.0 Å². The Hall–Kier alpha value is -2.79. The van der Waals surface area contributed by atoms with E-state index in [4.69, 9.17) is 0 Å². The van der Waals surface area contributed by atoms with E-state index < -0.39 is 0 Å². The van der Waals surface area contributed by atoms with Gasteiger partial charge in [0, 0.05) is 17.4 Å². The molecule has 0 aliphatic carbocycles. The molecule has 0 aliphatic rings. The summed E-state index contributed by atoms with van der Waals surface area (Å²) >= 11 is 1.29. The third-order valence-electron chi connectivity index (χ3n) is 3.74. The van der Waals surface area contributed by atoms with Crippen LogP contribution in [0.4, 0.5) is 0 Å². The first-order valence-electron chi connectivity index (χ1n) is 7.80. The molecule has 0 unspecified atom stereocenters. The molecular formula is C20H18N2O2S. The first-order chi connectivity index (χ1) is 12.0. The summed E-state index contributed by atoms with van der Waals surface area (Å²) in [7, 11) is 0. The lowest BCUT2D eigenvalue weighted by atomic mass is 10.2. The molecule has 4 nitrogen and oxygen atoms in total. The number of benzene rings is 1. The quantitative estimate of drug-likeness (QED) is 0.419. The van der Waals surface area contributed by atoms with E-state index in [1.54, 1.807) is 25.1 Å². The van der Waals surface area contributed by atoms with Crippen LogP contribution in [0.1, 0.15) is 12.6 Å². The van der Waals surface area contributed by atoms with Gasteiger partial charge in [-0.05, 0) is 38.1 Å². The Morgan fingerprint density at radius 1 is 1.24 bits per heavy atom. The lowest BCUT2D eigenvalue weighted by Gasteiger charge is -2.16. The number of rotatable bonds is 4. The summed E-state index contributed by atoms with van der Waals surface area (Å²) in [5, 5.41) is 11.1. The van der Waals surface area contributed by atoms with Crippen LogP contribution in [0.5, 0.6) is 0 Å². The molecule has 3 rings (SSSR count). The van der Waals surface area contributed by atoms with Crippen LogP contribution >= 0.6 is 11.8 Å². The molecule has 0 amide bonds. The molecule has 1 N–H and O–H groups in total.